The zero-order chi connectivity index (χ0) is 19.6. The van der Waals surface area contributed by atoms with Crippen LogP contribution in [0.25, 0.3) is 10.3 Å². The zero-order valence-electron chi connectivity index (χ0n) is 15.9. The van der Waals surface area contributed by atoms with Gasteiger partial charge in [-0.25, -0.2) is 9.97 Å². The van der Waals surface area contributed by atoms with E-state index in [-0.39, 0.29) is 5.91 Å². The van der Waals surface area contributed by atoms with Crippen LogP contribution in [0.5, 0.6) is 0 Å². The van der Waals surface area contributed by atoms with E-state index in [2.05, 4.69) is 33.1 Å². The largest absolute Gasteiger partial charge is 0.346 e. The average molecular weight is 444 g/mol. The van der Waals surface area contributed by atoms with Crippen molar-refractivity contribution in [2.45, 2.75) is 18.0 Å². The molecular weight excluding hydrogens is 422 g/mol. The van der Waals surface area contributed by atoms with Crippen molar-refractivity contribution < 1.29 is 4.79 Å². The molecule has 3 aromatic rings. The van der Waals surface area contributed by atoms with Gasteiger partial charge in [0, 0.05) is 37.7 Å². The first-order chi connectivity index (χ1) is 14.3. The normalized spacial score (nSPS) is 16.8. The molecule has 0 aliphatic carbocycles. The Labute approximate surface area is 182 Å². The number of aromatic nitrogens is 3. The summed E-state index contributed by atoms with van der Waals surface area (Å²) in [5.74, 6) is 2.82. The molecule has 1 fully saturated rings. The van der Waals surface area contributed by atoms with Crippen molar-refractivity contribution in [1.29, 1.82) is 0 Å². The number of thiazole rings is 1. The monoisotopic (exact) mass is 443 g/mol. The van der Waals surface area contributed by atoms with Crippen molar-refractivity contribution in [2.24, 2.45) is 0 Å². The number of hydrogen-bond acceptors (Lipinski definition) is 8. The Bertz CT molecular complexity index is 1030. The molecule has 150 valence electrons. The highest BCUT2D eigenvalue weighted by atomic mass is 32.2. The predicted octanol–water partition coefficient (Wildman–Crippen LogP) is 3.32. The highest BCUT2D eigenvalue weighted by Gasteiger charge is 2.22. The standard InChI is InChI=1S/C20H21N5OS3/c26-16(25-6-5-14-3-1-2-4-15(14)11-25)12-28-19-17-18(21-13-22-19)23-20(29-17)24-7-9-27-10-8-24/h1-4,13H,5-12H2. The van der Waals surface area contributed by atoms with Gasteiger partial charge in [-0.05, 0) is 17.5 Å². The summed E-state index contributed by atoms with van der Waals surface area (Å²) in [6.45, 7) is 3.53. The number of hydrogen-bond donors (Lipinski definition) is 0. The highest BCUT2D eigenvalue weighted by Crippen LogP contribution is 2.34. The summed E-state index contributed by atoms with van der Waals surface area (Å²) in [6, 6.07) is 8.39. The number of carbonyl (C=O) groups excluding carboxylic acids is 1. The number of rotatable bonds is 4. The second kappa shape index (κ2) is 8.49. The van der Waals surface area contributed by atoms with Gasteiger partial charge in [0.05, 0.1) is 5.75 Å². The van der Waals surface area contributed by atoms with Crippen molar-refractivity contribution >= 4 is 56.2 Å². The van der Waals surface area contributed by atoms with Crippen molar-refractivity contribution in [2.75, 3.05) is 41.8 Å². The molecule has 0 spiro atoms. The van der Waals surface area contributed by atoms with E-state index in [1.165, 1.54) is 22.9 Å². The van der Waals surface area contributed by atoms with Crippen LogP contribution >= 0.6 is 34.9 Å². The lowest BCUT2D eigenvalue weighted by Gasteiger charge is -2.28. The van der Waals surface area contributed by atoms with Crippen LogP contribution in [0, 0.1) is 0 Å². The molecule has 2 aliphatic heterocycles. The third-order valence-electron chi connectivity index (χ3n) is 5.24. The minimum Gasteiger partial charge on any atom is -0.346 e. The molecule has 0 bridgehead atoms. The summed E-state index contributed by atoms with van der Waals surface area (Å²) in [7, 11) is 0. The van der Waals surface area contributed by atoms with E-state index in [9.17, 15) is 4.79 Å². The summed E-state index contributed by atoms with van der Waals surface area (Å²) in [6.07, 6.45) is 2.48. The molecule has 0 unspecified atom stereocenters. The van der Waals surface area contributed by atoms with Gasteiger partial charge >= 0.3 is 0 Å². The van der Waals surface area contributed by atoms with Gasteiger partial charge in [-0.15, -0.1) is 0 Å². The summed E-state index contributed by atoms with van der Waals surface area (Å²) >= 11 is 5.13. The van der Waals surface area contributed by atoms with E-state index in [0.717, 1.165) is 58.1 Å². The first-order valence-corrected chi connectivity index (χ1v) is 12.7. The van der Waals surface area contributed by atoms with Gasteiger partial charge in [0.25, 0.3) is 0 Å². The Morgan fingerprint density at radius 3 is 2.79 bits per heavy atom. The molecule has 1 amide bonds. The van der Waals surface area contributed by atoms with E-state index in [1.54, 1.807) is 17.7 Å². The molecule has 1 aromatic carbocycles. The van der Waals surface area contributed by atoms with Crippen molar-refractivity contribution in [1.82, 2.24) is 19.9 Å². The van der Waals surface area contributed by atoms with Gasteiger partial charge in [0.1, 0.15) is 16.1 Å². The van der Waals surface area contributed by atoms with Crippen LogP contribution in [-0.4, -0.2) is 62.7 Å². The fourth-order valence-corrected chi connectivity index (χ4v) is 6.59. The van der Waals surface area contributed by atoms with Crippen LogP contribution < -0.4 is 4.90 Å². The van der Waals surface area contributed by atoms with Crippen LogP contribution in [0.15, 0.2) is 35.6 Å². The maximum Gasteiger partial charge on any atom is 0.233 e. The number of benzene rings is 1. The fraction of sp³-hybridized carbons (Fsp3) is 0.400. The molecule has 0 radical (unpaired) electrons. The maximum atomic E-state index is 12.8. The van der Waals surface area contributed by atoms with Crippen molar-refractivity contribution in [3.8, 4) is 0 Å². The lowest BCUT2D eigenvalue weighted by Crippen LogP contribution is -2.37. The highest BCUT2D eigenvalue weighted by molar-refractivity contribution is 8.00. The Kier molecular flexibility index (Phi) is 5.61. The minimum atomic E-state index is 0.161. The van der Waals surface area contributed by atoms with E-state index in [4.69, 9.17) is 4.98 Å². The topological polar surface area (TPSA) is 62.2 Å². The number of fused-ring (bicyclic) bond motifs is 2. The van der Waals surface area contributed by atoms with Gasteiger partial charge in [0.15, 0.2) is 10.8 Å². The van der Waals surface area contributed by atoms with Crippen LogP contribution in [0.1, 0.15) is 11.1 Å². The first-order valence-electron chi connectivity index (χ1n) is 9.69. The fourth-order valence-electron chi connectivity index (χ4n) is 3.65. The van der Waals surface area contributed by atoms with E-state index < -0.39 is 0 Å². The second-order valence-corrected chi connectivity index (χ2v) is 10.2. The van der Waals surface area contributed by atoms with Crippen LogP contribution in [-0.2, 0) is 17.8 Å². The van der Waals surface area contributed by atoms with Gasteiger partial charge in [-0.1, -0.05) is 47.4 Å². The van der Waals surface area contributed by atoms with Crippen LogP contribution in [0.2, 0.25) is 0 Å². The summed E-state index contributed by atoms with van der Waals surface area (Å²) in [5.41, 5.74) is 3.35. The molecule has 9 heteroatoms. The smallest absolute Gasteiger partial charge is 0.233 e. The molecule has 2 aliphatic rings. The molecule has 0 atom stereocenters. The molecule has 5 rings (SSSR count). The summed E-state index contributed by atoms with van der Waals surface area (Å²) < 4.78 is 0.988. The minimum absolute atomic E-state index is 0.161. The molecule has 0 N–H and O–H groups in total. The van der Waals surface area contributed by atoms with E-state index in [1.807, 2.05) is 22.7 Å². The summed E-state index contributed by atoms with van der Waals surface area (Å²) in [4.78, 5) is 30.6. The van der Waals surface area contributed by atoms with Crippen molar-refractivity contribution in [3.63, 3.8) is 0 Å². The predicted molar refractivity (Wildman–Crippen MR) is 121 cm³/mol. The summed E-state index contributed by atoms with van der Waals surface area (Å²) in [5, 5.41) is 1.87. The number of nitrogens with zero attached hydrogens (tertiary/aromatic N) is 5. The third-order valence-corrected chi connectivity index (χ3v) is 8.40. The van der Waals surface area contributed by atoms with Crippen molar-refractivity contribution in [3.05, 3.63) is 41.7 Å². The molecule has 2 aromatic heterocycles. The zero-order valence-corrected chi connectivity index (χ0v) is 18.4. The van der Waals surface area contributed by atoms with E-state index in [0.29, 0.717) is 12.3 Å². The number of carbonyl (C=O) groups is 1. The van der Waals surface area contributed by atoms with Gasteiger partial charge in [0.2, 0.25) is 5.91 Å². The van der Waals surface area contributed by atoms with Crippen LogP contribution in [0.4, 0.5) is 5.13 Å². The molecule has 1 saturated heterocycles. The SMILES string of the molecule is O=C(CSc1ncnc2nc(N3CCSCC3)sc12)N1CCc2ccccc2C1. The quantitative estimate of drug-likeness (QED) is 0.453. The van der Waals surface area contributed by atoms with Crippen LogP contribution in [0.3, 0.4) is 0 Å². The van der Waals surface area contributed by atoms with Gasteiger partial charge in [-0.3, -0.25) is 4.79 Å². The Morgan fingerprint density at radius 1 is 1.10 bits per heavy atom. The van der Waals surface area contributed by atoms with Gasteiger partial charge in [-0.2, -0.15) is 16.7 Å². The molecule has 0 saturated carbocycles. The number of thioether (sulfide) groups is 2. The second-order valence-electron chi connectivity index (χ2n) is 7.05. The molecule has 6 nitrogen and oxygen atoms in total. The lowest BCUT2D eigenvalue weighted by atomic mass is 10.00. The van der Waals surface area contributed by atoms with Gasteiger partial charge < -0.3 is 9.80 Å². The Morgan fingerprint density at radius 2 is 1.93 bits per heavy atom. The number of amides is 1. The number of anilines is 1. The van der Waals surface area contributed by atoms with E-state index >= 15 is 0 Å². The lowest BCUT2D eigenvalue weighted by molar-refractivity contribution is -0.129. The molecule has 4 heterocycles. The maximum absolute atomic E-state index is 12.8. The Balaban J connectivity index is 1.28. The first kappa shape index (κ1) is 19.1. The molecular formula is C20H21N5OS3. The average Bonchev–Trinajstić information content (AvgIpc) is 3.23. The molecule has 29 heavy (non-hydrogen) atoms. The third kappa shape index (κ3) is 4.08. The Hall–Kier alpha value is -1.84.